The van der Waals surface area contributed by atoms with E-state index < -0.39 is 0 Å². The van der Waals surface area contributed by atoms with Crippen LogP contribution in [0.2, 0.25) is 0 Å². The molecule has 3 rings (SSSR count). The van der Waals surface area contributed by atoms with Crippen LogP contribution in [0.3, 0.4) is 0 Å². The van der Waals surface area contributed by atoms with Gasteiger partial charge in [0.1, 0.15) is 5.75 Å². The molecule has 0 bridgehead atoms. The lowest BCUT2D eigenvalue weighted by Crippen LogP contribution is -2.39. The molecule has 102 valence electrons. The molecule has 4 heteroatoms. The van der Waals surface area contributed by atoms with E-state index in [4.69, 9.17) is 0 Å². The maximum atomic E-state index is 12.6. The molecule has 1 aliphatic heterocycles. The smallest absolute Gasteiger partial charge is 0.276 e. The average Bonchev–Trinajstić information content (AvgIpc) is 2.77. The SMILES string of the molecule is C[C@@H]1CN(C(=O)c2ncccc2O)[C@H]2CCCC[C@@H]12. The summed E-state index contributed by atoms with van der Waals surface area (Å²) in [5.74, 6) is 1.06. The molecule has 0 aromatic carbocycles. The van der Waals surface area contributed by atoms with Crippen molar-refractivity contribution in [1.29, 1.82) is 0 Å². The molecule has 3 atom stereocenters. The highest BCUT2D eigenvalue weighted by Gasteiger charge is 2.43. The highest BCUT2D eigenvalue weighted by atomic mass is 16.3. The Hall–Kier alpha value is -1.58. The number of hydrogen-bond donors (Lipinski definition) is 1. The van der Waals surface area contributed by atoms with Crippen LogP contribution < -0.4 is 0 Å². The number of rotatable bonds is 1. The van der Waals surface area contributed by atoms with Gasteiger partial charge in [0.25, 0.3) is 5.91 Å². The van der Waals surface area contributed by atoms with E-state index in [-0.39, 0.29) is 17.4 Å². The van der Waals surface area contributed by atoms with Crippen LogP contribution in [0.15, 0.2) is 18.3 Å². The quantitative estimate of drug-likeness (QED) is 0.843. The second-order valence-corrected chi connectivity index (χ2v) is 5.82. The minimum atomic E-state index is -0.112. The molecule has 2 heterocycles. The van der Waals surface area contributed by atoms with Gasteiger partial charge in [0.15, 0.2) is 5.69 Å². The molecule has 1 saturated carbocycles. The third-order valence-electron chi connectivity index (χ3n) is 4.65. The summed E-state index contributed by atoms with van der Waals surface area (Å²) in [4.78, 5) is 18.6. The van der Waals surface area contributed by atoms with Crippen molar-refractivity contribution in [3.05, 3.63) is 24.0 Å². The summed E-state index contributed by atoms with van der Waals surface area (Å²) in [7, 11) is 0. The minimum Gasteiger partial charge on any atom is -0.505 e. The summed E-state index contributed by atoms with van der Waals surface area (Å²) in [6, 6.07) is 3.51. The maximum Gasteiger partial charge on any atom is 0.276 e. The van der Waals surface area contributed by atoms with Gasteiger partial charge in [0.05, 0.1) is 0 Å². The van der Waals surface area contributed by atoms with E-state index in [1.165, 1.54) is 25.3 Å². The van der Waals surface area contributed by atoms with E-state index in [0.29, 0.717) is 17.9 Å². The Morgan fingerprint density at radius 2 is 2.21 bits per heavy atom. The van der Waals surface area contributed by atoms with E-state index in [0.717, 1.165) is 13.0 Å². The third-order valence-corrected chi connectivity index (χ3v) is 4.65. The molecule has 1 aromatic heterocycles. The van der Waals surface area contributed by atoms with Crippen molar-refractivity contribution < 1.29 is 9.90 Å². The largest absolute Gasteiger partial charge is 0.505 e. The Morgan fingerprint density at radius 3 is 3.00 bits per heavy atom. The van der Waals surface area contributed by atoms with Gasteiger partial charge in [0.2, 0.25) is 0 Å². The fourth-order valence-corrected chi connectivity index (χ4v) is 3.70. The Balaban J connectivity index is 1.86. The normalized spacial score (nSPS) is 30.2. The zero-order valence-corrected chi connectivity index (χ0v) is 11.2. The first-order chi connectivity index (χ1) is 9.18. The number of aromatic nitrogens is 1. The van der Waals surface area contributed by atoms with Crippen molar-refractivity contribution in [1.82, 2.24) is 9.88 Å². The van der Waals surface area contributed by atoms with Crippen molar-refractivity contribution in [2.75, 3.05) is 6.54 Å². The predicted octanol–water partition coefficient (Wildman–Crippen LogP) is 2.44. The number of likely N-dealkylation sites (tertiary alicyclic amines) is 1. The Morgan fingerprint density at radius 1 is 1.42 bits per heavy atom. The van der Waals surface area contributed by atoms with Gasteiger partial charge >= 0.3 is 0 Å². The molecule has 1 saturated heterocycles. The van der Waals surface area contributed by atoms with Crippen molar-refractivity contribution >= 4 is 5.91 Å². The Labute approximate surface area is 113 Å². The summed E-state index contributed by atoms with van der Waals surface area (Å²) in [5, 5.41) is 9.79. The first kappa shape index (κ1) is 12.5. The van der Waals surface area contributed by atoms with Gasteiger partial charge in [-0.1, -0.05) is 19.8 Å². The highest BCUT2D eigenvalue weighted by molar-refractivity contribution is 5.95. The van der Waals surface area contributed by atoms with Gasteiger partial charge < -0.3 is 10.0 Å². The molecule has 1 aromatic rings. The number of fused-ring (bicyclic) bond motifs is 1. The van der Waals surface area contributed by atoms with Gasteiger partial charge in [-0.25, -0.2) is 4.98 Å². The van der Waals surface area contributed by atoms with Crippen LogP contribution >= 0.6 is 0 Å². The minimum absolute atomic E-state index is 0.0144. The summed E-state index contributed by atoms with van der Waals surface area (Å²) in [6.07, 6.45) is 6.36. The monoisotopic (exact) mass is 260 g/mol. The summed E-state index contributed by atoms with van der Waals surface area (Å²) in [6.45, 7) is 3.03. The fraction of sp³-hybridized carbons (Fsp3) is 0.600. The summed E-state index contributed by atoms with van der Waals surface area (Å²) in [5.41, 5.74) is 0.195. The first-order valence-electron chi connectivity index (χ1n) is 7.13. The van der Waals surface area contributed by atoms with Gasteiger partial charge in [-0.05, 0) is 36.8 Å². The zero-order valence-electron chi connectivity index (χ0n) is 11.2. The van der Waals surface area contributed by atoms with Gasteiger partial charge in [0, 0.05) is 18.8 Å². The Bertz CT molecular complexity index is 489. The van der Waals surface area contributed by atoms with Crippen molar-refractivity contribution in [3.8, 4) is 5.75 Å². The molecule has 2 aliphatic rings. The number of nitrogens with zero attached hydrogens (tertiary/aromatic N) is 2. The lowest BCUT2D eigenvalue weighted by molar-refractivity contribution is 0.0681. The second-order valence-electron chi connectivity index (χ2n) is 5.82. The first-order valence-corrected chi connectivity index (χ1v) is 7.13. The van der Waals surface area contributed by atoms with Crippen LogP contribution in [0.5, 0.6) is 5.75 Å². The van der Waals surface area contributed by atoms with Crippen LogP contribution in [-0.2, 0) is 0 Å². The molecule has 1 aliphatic carbocycles. The molecule has 0 unspecified atom stereocenters. The van der Waals surface area contributed by atoms with Crippen LogP contribution in [-0.4, -0.2) is 33.5 Å². The van der Waals surface area contributed by atoms with Crippen LogP contribution in [0.1, 0.15) is 43.1 Å². The molecule has 0 radical (unpaired) electrons. The second kappa shape index (κ2) is 4.83. The van der Waals surface area contributed by atoms with E-state index in [1.54, 1.807) is 12.3 Å². The number of hydrogen-bond acceptors (Lipinski definition) is 3. The fourth-order valence-electron chi connectivity index (χ4n) is 3.70. The third kappa shape index (κ3) is 2.09. The van der Waals surface area contributed by atoms with Crippen LogP contribution in [0.4, 0.5) is 0 Å². The molecule has 4 nitrogen and oxygen atoms in total. The topological polar surface area (TPSA) is 53.4 Å². The average molecular weight is 260 g/mol. The highest BCUT2D eigenvalue weighted by Crippen LogP contribution is 2.40. The lowest BCUT2D eigenvalue weighted by Gasteiger charge is -2.32. The maximum absolute atomic E-state index is 12.6. The molecule has 1 N–H and O–H groups in total. The number of carbonyl (C=O) groups excluding carboxylic acids is 1. The van der Waals surface area contributed by atoms with Gasteiger partial charge in [-0.15, -0.1) is 0 Å². The summed E-state index contributed by atoms with van der Waals surface area (Å²) < 4.78 is 0. The van der Waals surface area contributed by atoms with Crippen molar-refractivity contribution in [3.63, 3.8) is 0 Å². The van der Waals surface area contributed by atoms with Crippen molar-refractivity contribution in [2.45, 2.75) is 38.6 Å². The number of pyridine rings is 1. The number of amides is 1. The summed E-state index contributed by atoms with van der Waals surface area (Å²) >= 11 is 0. The Kier molecular flexibility index (Phi) is 3.17. The van der Waals surface area contributed by atoms with Gasteiger partial charge in [-0.2, -0.15) is 0 Å². The van der Waals surface area contributed by atoms with E-state index in [9.17, 15) is 9.90 Å². The number of aromatic hydroxyl groups is 1. The zero-order chi connectivity index (χ0) is 13.4. The molecular weight excluding hydrogens is 240 g/mol. The van der Waals surface area contributed by atoms with Crippen LogP contribution in [0, 0.1) is 11.8 Å². The lowest BCUT2D eigenvalue weighted by atomic mass is 9.80. The van der Waals surface area contributed by atoms with Gasteiger partial charge in [-0.3, -0.25) is 4.79 Å². The van der Waals surface area contributed by atoms with E-state index >= 15 is 0 Å². The van der Waals surface area contributed by atoms with E-state index in [2.05, 4.69) is 11.9 Å². The molecule has 19 heavy (non-hydrogen) atoms. The number of carbonyl (C=O) groups is 1. The van der Waals surface area contributed by atoms with E-state index in [1.807, 2.05) is 4.90 Å². The molecule has 2 fully saturated rings. The molecule has 0 spiro atoms. The van der Waals surface area contributed by atoms with Crippen molar-refractivity contribution in [2.24, 2.45) is 11.8 Å². The van der Waals surface area contributed by atoms with Crippen LogP contribution in [0.25, 0.3) is 0 Å². The molecular formula is C15H20N2O2. The molecule has 1 amide bonds. The predicted molar refractivity (Wildman–Crippen MR) is 71.8 cm³/mol. The standard InChI is InChI=1S/C15H20N2O2/c1-10-9-17(12-6-3-2-5-11(10)12)15(19)14-13(18)7-4-8-16-14/h4,7-8,10-12,18H,2-3,5-6,9H2,1H3/t10-,11+,12+/m1/s1.